The first-order valence-corrected chi connectivity index (χ1v) is 3.56. The fourth-order valence-electron chi connectivity index (χ4n) is 0.886. The first kappa shape index (κ1) is 9.25. The van der Waals surface area contributed by atoms with Gasteiger partial charge in [-0.25, -0.2) is 0 Å². The van der Waals surface area contributed by atoms with Crippen LogP contribution in [-0.4, -0.2) is 24.3 Å². The van der Waals surface area contributed by atoms with E-state index >= 15 is 0 Å². The quantitative estimate of drug-likeness (QED) is 0.426. The van der Waals surface area contributed by atoms with Crippen molar-refractivity contribution in [3.63, 3.8) is 0 Å². The van der Waals surface area contributed by atoms with E-state index in [2.05, 4.69) is 5.16 Å². The highest BCUT2D eigenvalue weighted by Crippen LogP contribution is 2.11. The zero-order chi connectivity index (χ0) is 9.68. The van der Waals surface area contributed by atoms with Crippen LogP contribution in [0.15, 0.2) is 29.4 Å². The lowest BCUT2D eigenvalue weighted by molar-refractivity contribution is 0.320. The number of hydrogen-bond donors (Lipinski definition) is 1. The van der Waals surface area contributed by atoms with Crippen molar-refractivity contribution in [3.05, 3.63) is 29.8 Å². The Hall–Kier alpha value is -1.84. The maximum atomic E-state index is 10.2. The van der Waals surface area contributed by atoms with Crippen molar-refractivity contribution in [2.24, 2.45) is 5.16 Å². The van der Waals surface area contributed by atoms with Crippen molar-refractivity contribution in [2.75, 3.05) is 7.11 Å². The molecule has 4 nitrogen and oxygen atoms in total. The Morgan fingerprint density at radius 2 is 2.08 bits per heavy atom. The van der Waals surface area contributed by atoms with Gasteiger partial charge in [-0.1, -0.05) is 5.16 Å². The molecule has 0 atom stereocenters. The second kappa shape index (κ2) is 4.25. The van der Waals surface area contributed by atoms with E-state index in [1.54, 1.807) is 31.4 Å². The Balaban J connectivity index is 2.97. The van der Waals surface area contributed by atoms with Crippen LogP contribution in [0, 0.1) is 0 Å². The average molecular weight is 178 g/mol. The summed E-state index contributed by atoms with van der Waals surface area (Å²) in [5.74, 6) is 0.673. The van der Waals surface area contributed by atoms with Gasteiger partial charge in [-0.3, -0.25) is 4.79 Å². The molecule has 1 N–H and O–H groups in total. The zero-order valence-electron chi connectivity index (χ0n) is 7.02. The van der Waals surface area contributed by atoms with Crippen molar-refractivity contribution in [1.82, 2.24) is 0 Å². The topological polar surface area (TPSA) is 58.9 Å². The van der Waals surface area contributed by atoms with E-state index in [-0.39, 0.29) is 5.71 Å². The van der Waals surface area contributed by atoms with Gasteiger partial charge >= 0.3 is 0 Å². The molecule has 1 radical (unpaired) electrons. The van der Waals surface area contributed by atoms with Crippen LogP contribution in [0.4, 0.5) is 0 Å². The second-order valence-electron chi connectivity index (χ2n) is 2.28. The summed E-state index contributed by atoms with van der Waals surface area (Å²) in [6, 6.07) is 6.55. The third-order valence-corrected chi connectivity index (χ3v) is 1.56. The van der Waals surface area contributed by atoms with Crippen LogP contribution in [0.2, 0.25) is 0 Å². The number of benzene rings is 1. The minimum absolute atomic E-state index is 0.123. The van der Waals surface area contributed by atoms with Gasteiger partial charge in [-0.15, -0.1) is 0 Å². The molecule has 0 aliphatic rings. The van der Waals surface area contributed by atoms with Crippen molar-refractivity contribution < 1.29 is 14.7 Å². The minimum atomic E-state index is -0.123. The Morgan fingerprint density at radius 1 is 1.46 bits per heavy atom. The monoisotopic (exact) mass is 178 g/mol. The van der Waals surface area contributed by atoms with Crippen LogP contribution in [0.1, 0.15) is 5.56 Å². The van der Waals surface area contributed by atoms with Crippen LogP contribution < -0.4 is 4.74 Å². The lowest BCUT2D eigenvalue weighted by Gasteiger charge is -1.99. The number of ether oxygens (including phenoxy) is 1. The van der Waals surface area contributed by atoms with Crippen molar-refractivity contribution in [2.45, 2.75) is 0 Å². The molecule has 0 fully saturated rings. The molecule has 0 aliphatic carbocycles. The zero-order valence-corrected chi connectivity index (χ0v) is 7.02. The van der Waals surface area contributed by atoms with Crippen molar-refractivity contribution >= 4 is 12.0 Å². The maximum Gasteiger partial charge on any atom is 0.257 e. The summed E-state index contributed by atoms with van der Waals surface area (Å²) in [4.78, 5) is 10.2. The normalized spacial score (nSPS) is 11.0. The predicted octanol–water partition coefficient (Wildman–Crippen LogP) is 0.983. The van der Waals surface area contributed by atoms with E-state index < -0.39 is 0 Å². The number of hydrogen-bond acceptors (Lipinski definition) is 4. The Labute approximate surface area is 75.4 Å². The summed E-state index contributed by atoms with van der Waals surface area (Å²) in [6.07, 6.45) is 1.51. The molecule has 67 valence electrons. The highest BCUT2D eigenvalue weighted by molar-refractivity contribution is 6.36. The van der Waals surface area contributed by atoms with E-state index in [0.717, 1.165) is 0 Å². The number of rotatable bonds is 3. The molecule has 13 heavy (non-hydrogen) atoms. The van der Waals surface area contributed by atoms with E-state index in [4.69, 9.17) is 9.94 Å². The van der Waals surface area contributed by atoms with E-state index in [1.807, 2.05) is 0 Å². The minimum Gasteiger partial charge on any atom is -0.497 e. The van der Waals surface area contributed by atoms with E-state index in [9.17, 15) is 4.79 Å². The molecule has 0 spiro atoms. The largest absolute Gasteiger partial charge is 0.497 e. The van der Waals surface area contributed by atoms with Crippen LogP contribution in [-0.2, 0) is 4.79 Å². The molecule has 0 saturated heterocycles. The average Bonchev–Trinajstić information content (AvgIpc) is 2.21. The molecular formula is C9H8NO3. The van der Waals surface area contributed by atoms with Crippen LogP contribution in [0.25, 0.3) is 0 Å². The molecular weight excluding hydrogens is 170 g/mol. The summed E-state index contributed by atoms with van der Waals surface area (Å²) >= 11 is 0. The van der Waals surface area contributed by atoms with Gasteiger partial charge in [0, 0.05) is 5.56 Å². The third kappa shape index (κ3) is 2.05. The molecule has 4 heteroatoms. The lowest BCUT2D eigenvalue weighted by atomic mass is 10.1. The number of methoxy groups -OCH3 is 1. The molecule has 0 aliphatic heterocycles. The Morgan fingerprint density at radius 3 is 2.46 bits per heavy atom. The van der Waals surface area contributed by atoms with Gasteiger partial charge in [0.15, 0.2) is 5.71 Å². The smallest absolute Gasteiger partial charge is 0.257 e. The van der Waals surface area contributed by atoms with E-state index in [1.165, 1.54) is 6.29 Å². The first-order chi connectivity index (χ1) is 6.31. The van der Waals surface area contributed by atoms with Gasteiger partial charge < -0.3 is 9.94 Å². The maximum absolute atomic E-state index is 10.2. The van der Waals surface area contributed by atoms with Crippen molar-refractivity contribution in [1.29, 1.82) is 0 Å². The highest BCUT2D eigenvalue weighted by atomic mass is 16.5. The summed E-state index contributed by atoms with van der Waals surface area (Å²) < 4.78 is 4.92. The first-order valence-electron chi connectivity index (χ1n) is 3.56. The van der Waals surface area contributed by atoms with Gasteiger partial charge in [-0.05, 0) is 24.3 Å². The van der Waals surface area contributed by atoms with Gasteiger partial charge in [0.1, 0.15) is 5.75 Å². The Bertz CT molecular complexity index is 316. The molecule has 0 saturated carbocycles. The second-order valence-corrected chi connectivity index (χ2v) is 2.28. The highest BCUT2D eigenvalue weighted by Gasteiger charge is 2.03. The standard InChI is InChI=1S/C9H8NO3/c1-13-8-4-2-7(3-5-8)9(6-11)10-12/h2-5,12H,1H3. The summed E-state index contributed by atoms with van der Waals surface area (Å²) in [5.41, 5.74) is 0.376. The predicted molar refractivity (Wildman–Crippen MR) is 47.0 cm³/mol. The fourth-order valence-corrected chi connectivity index (χ4v) is 0.886. The molecule has 0 unspecified atom stereocenters. The number of carbonyl (C=O) groups excluding carboxylic acids is 1. The fraction of sp³-hybridized carbons (Fsp3) is 0.111. The van der Waals surface area contributed by atoms with Gasteiger partial charge in [0.25, 0.3) is 6.29 Å². The van der Waals surface area contributed by atoms with Crippen LogP contribution in [0.3, 0.4) is 0 Å². The molecule has 0 heterocycles. The molecule has 1 rings (SSSR count). The SMILES string of the molecule is COc1ccc(C([C]=O)=NO)cc1. The van der Waals surface area contributed by atoms with Gasteiger partial charge in [-0.2, -0.15) is 0 Å². The lowest BCUT2D eigenvalue weighted by Crippen LogP contribution is -2.01. The molecule has 0 aromatic heterocycles. The van der Waals surface area contributed by atoms with Gasteiger partial charge in [0.2, 0.25) is 0 Å². The van der Waals surface area contributed by atoms with Gasteiger partial charge in [0.05, 0.1) is 7.11 Å². The van der Waals surface area contributed by atoms with E-state index in [0.29, 0.717) is 11.3 Å². The summed E-state index contributed by atoms with van der Waals surface area (Å²) in [7, 11) is 1.54. The molecule has 1 aromatic rings. The molecule has 0 amide bonds. The third-order valence-electron chi connectivity index (χ3n) is 1.56. The molecule has 0 bridgehead atoms. The van der Waals surface area contributed by atoms with Crippen molar-refractivity contribution in [3.8, 4) is 5.75 Å². The summed E-state index contributed by atoms with van der Waals surface area (Å²) in [6.45, 7) is 0. The van der Waals surface area contributed by atoms with Crippen LogP contribution in [0.5, 0.6) is 5.75 Å². The number of oxime groups is 1. The number of nitrogens with zero attached hydrogens (tertiary/aromatic N) is 1. The molecule has 1 aromatic carbocycles. The Kier molecular flexibility index (Phi) is 3.03. The summed E-state index contributed by atoms with van der Waals surface area (Å²) in [5, 5.41) is 11.2. The van der Waals surface area contributed by atoms with Crippen LogP contribution >= 0.6 is 0 Å².